The monoisotopic (exact) mass is 493 g/mol. The lowest BCUT2D eigenvalue weighted by Crippen LogP contribution is -2.69. The number of carboxylic acids is 1. The number of amides is 1. The minimum atomic E-state index is -1.48. The highest BCUT2D eigenvalue weighted by molar-refractivity contribution is 7.07. The van der Waals surface area contributed by atoms with Crippen molar-refractivity contribution in [3.05, 3.63) is 76.2 Å². The topological polar surface area (TPSA) is 83.0 Å². The normalized spacial score (nSPS) is 18.4. The number of hydrogen-bond acceptors (Lipinski definition) is 6. The first-order valence-electron chi connectivity index (χ1n) is 11.6. The number of carbonyl (C=O) groups is 2. The van der Waals surface area contributed by atoms with Gasteiger partial charge in [0.15, 0.2) is 5.54 Å². The fourth-order valence-electron chi connectivity index (χ4n) is 4.70. The molecule has 1 saturated heterocycles. The van der Waals surface area contributed by atoms with Crippen molar-refractivity contribution in [3.63, 3.8) is 0 Å². The highest BCUT2D eigenvalue weighted by atomic mass is 32.1. The number of carbonyl (C=O) groups excluding carboxylic acids is 1. The van der Waals surface area contributed by atoms with E-state index in [1.54, 1.807) is 24.8 Å². The molecular weight excluding hydrogens is 462 g/mol. The van der Waals surface area contributed by atoms with E-state index in [1.165, 1.54) is 16.2 Å². The van der Waals surface area contributed by atoms with Gasteiger partial charge in [-0.15, -0.1) is 11.3 Å². The Morgan fingerprint density at radius 3 is 2.49 bits per heavy atom. The fourth-order valence-corrected chi connectivity index (χ4v) is 5.26. The molecule has 7 nitrogen and oxygen atoms in total. The van der Waals surface area contributed by atoms with E-state index in [0.717, 1.165) is 11.3 Å². The maximum atomic E-state index is 13.9. The molecule has 3 aromatic rings. The second-order valence-electron chi connectivity index (χ2n) is 9.87. The average molecular weight is 494 g/mol. The molecule has 2 aromatic carbocycles. The van der Waals surface area contributed by atoms with Crippen LogP contribution in [0.4, 0.5) is 5.69 Å². The van der Waals surface area contributed by atoms with E-state index >= 15 is 0 Å². The number of anilines is 1. The molecule has 0 saturated carbocycles. The SMILES string of the molecule is COc1cc(C(=O)N2CCN(c3ccccc3)CC2(Cc2cscn2)C(=O)O)ccc1C(C)(C)C. The van der Waals surface area contributed by atoms with Gasteiger partial charge in [0.05, 0.1) is 24.9 Å². The zero-order valence-corrected chi connectivity index (χ0v) is 21.3. The maximum Gasteiger partial charge on any atom is 0.331 e. The van der Waals surface area contributed by atoms with E-state index in [0.29, 0.717) is 23.6 Å². The van der Waals surface area contributed by atoms with Crippen LogP contribution in [0.5, 0.6) is 5.75 Å². The summed E-state index contributed by atoms with van der Waals surface area (Å²) >= 11 is 1.41. The summed E-state index contributed by atoms with van der Waals surface area (Å²) in [6.07, 6.45) is 0.123. The molecule has 1 aliphatic rings. The largest absolute Gasteiger partial charge is 0.496 e. The molecule has 0 aliphatic carbocycles. The molecule has 1 amide bonds. The van der Waals surface area contributed by atoms with E-state index < -0.39 is 11.5 Å². The van der Waals surface area contributed by atoms with Crippen LogP contribution in [-0.2, 0) is 16.6 Å². The van der Waals surface area contributed by atoms with Crippen LogP contribution in [0, 0.1) is 0 Å². The Bertz CT molecular complexity index is 1190. The summed E-state index contributed by atoms with van der Waals surface area (Å²) in [4.78, 5) is 34.8. The van der Waals surface area contributed by atoms with Crippen molar-refractivity contribution in [2.75, 3.05) is 31.6 Å². The molecule has 184 valence electrons. The van der Waals surface area contributed by atoms with Gasteiger partial charge in [-0.3, -0.25) is 4.79 Å². The van der Waals surface area contributed by atoms with Crippen LogP contribution in [-0.4, -0.2) is 59.1 Å². The van der Waals surface area contributed by atoms with Gasteiger partial charge in [-0.1, -0.05) is 45.0 Å². The Hall–Kier alpha value is -3.39. The van der Waals surface area contributed by atoms with Crippen molar-refractivity contribution in [1.29, 1.82) is 0 Å². The number of thiazole rings is 1. The molecule has 0 bridgehead atoms. The first kappa shape index (κ1) is 24.7. The van der Waals surface area contributed by atoms with Gasteiger partial charge < -0.3 is 19.6 Å². The van der Waals surface area contributed by atoms with Crippen molar-refractivity contribution in [2.45, 2.75) is 38.1 Å². The fraction of sp³-hybridized carbons (Fsp3) is 0.370. The van der Waals surface area contributed by atoms with Crippen LogP contribution >= 0.6 is 11.3 Å². The van der Waals surface area contributed by atoms with Gasteiger partial charge in [0.2, 0.25) is 0 Å². The first-order chi connectivity index (χ1) is 16.7. The Morgan fingerprint density at radius 2 is 1.89 bits per heavy atom. The summed E-state index contributed by atoms with van der Waals surface area (Å²) in [6.45, 7) is 7.20. The van der Waals surface area contributed by atoms with Crippen molar-refractivity contribution in [3.8, 4) is 5.75 Å². The summed E-state index contributed by atoms with van der Waals surface area (Å²) in [7, 11) is 1.58. The number of benzene rings is 2. The minimum absolute atomic E-state index is 0.123. The number of rotatable bonds is 6. The molecule has 1 fully saturated rings. The van der Waals surface area contributed by atoms with Crippen molar-refractivity contribution in [1.82, 2.24) is 9.88 Å². The van der Waals surface area contributed by atoms with E-state index in [-0.39, 0.29) is 30.8 Å². The number of para-hydroxylation sites is 1. The second kappa shape index (κ2) is 9.70. The number of ether oxygens (including phenoxy) is 1. The van der Waals surface area contributed by atoms with Gasteiger partial charge in [0.25, 0.3) is 5.91 Å². The molecule has 1 atom stereocenters. The predicted octanol–water partition coefficient (Wildman–Crippen LogP) is 4.48. The zero-order chi connectivity index (χ0) is 25.2. The van der Waals surface area contributed by atoms with Crippen LogP contribution in [0.1, 0.15) is 42.4 Å². The number of hydrogen-bond donors (Lipinski definition) is 1. The molecule has 8 heteroatoms. The number of carboxylic acid groups (broad SMARTS) is 1. The number of aromatic nitrogens is 1. The summed E-state index contributed by atoms with van der Waals surface area (Å²) in [6, 6.07) is 15.1. The highest BCUT2D eigenvalue weighted by Gasteiger charge is 2.51. The molecule has 0 radical (unpaired) electrons. The molecule has 2 heterocycles. The standard InChI is InChI=1S/C27H31N3O4S/c1-26(2,3)22-11-10-19(14-23(22)34-4)24(31)30-13-12-29(21-8-6-5-7-9-21)17-27(30,25(32)33)15-20-16-35-18-28-20/h5-11,14,16,18H,12-13,15,17H2,1-4H3,(H,32,33). The van der Waals surface area contributed by atoms with Crippen LogP contribution in [0.25, 0.3) is 0 Å². The smallest absolute Gasteiger partial charge is 0.331 e. The summed E-state index contributed by atoms with van der Waals surface area (Å²) in [5.74, 6) is -0.751. The molecule has 0 spiro atoms. The predicted molar refractivity (Wildman–Crippen MR) is 138 cm³/mol. The molecule has 35 heavy (non-hydrogen) atoms. The first-order valence-corrected chi connectivity index (χ1v) is 12.5. The van der Waals surface area contributed by atoms with Gasteiger partial charge in [-0.25, -0.2) is 9.78 Å². The summed E-state index contributed by atoms with van der Waals surface area (Å²) < 4.78 is 5.61. The number of aliphatic carboxylic acids is 1. The Balaban J connectivity index is 1.75. The van der Waals surface area contributed by atoms with Crippen LogP contribution in [0.3, 0.4) is 0 Å². The van der Waals surface area contributed by atoms with E-state index in [2.05, 4.69) is 25.8 Å². The van der Waals surface area contributed by atoms with Gasteiger partial charge >= 0.3 is 5.97 Å². The van der Waals surface area contributed by atoms with Crippen LogP contribution in [0.15, 0.2) is 59.4 Å². The molecule has 1 N–H and O–H groups in total. The molecule has 4 rings (SSSR count). The average Bonchev–Trinajstić information content (AvgIpc) is 3.36. The number of piperazine rings is 1. The van der Waals surface area contributed by atoms with Gasteiger partial charge in [-0.05, 0) is 35.2 Å². The molecule has 1 aliphatic heterocycles. The maximum absolute atomic E-state index is 13.9. The Morgan fingerprint density at radius 1 is 1.14 bits per heavy atom. The van der Waals surface area contributed by atoms with Gasteiger partial charge in [0.1, 0.15) is 5.75 Å². The van der Waals surface area contributed by atoms with E-state index in [9.17, 15) is 14.7 Å². The third-order valence-corrected chi connectivity index (χ3v) is 7.18. The second-order valence-corrected chi connectivity index (χ2v) is 10.6. The van der Waals surface area contributed by atoms with Crippen LogP contribution < -0.4 is 9.64 Å². The third-order valence-electron chi connectivity index (χ3n) is 6.54. The Kier molecular flexibility index (Phi) is 6.85. The molecular formula is C27H31N3O4S. The quantitative estimate of drug-likeness (QED) is 0.545. The third kappa shape index (κ3) is 4.89. The Labute approximate surface area is 210 Å². The van der Waals surface area contributed by atoms with Crippen molar-refractivity contribution < 1.29 is 19.4 Å². The highest BCUT2D eigenvalue weighted by Crippen LogP contribution is 2.35. The molecule has 1 unspecified atom stereocenters. The van der Waals surface area contributed by atoms with Gasteiger partial charge in [-0.2, -0.15) is 0 Å². The summed E-state index contributed by atoms with van der Waals surface area (Å²) in [5, 5.41) is 12.4. The van der Waals surface area contributed by atoms with Gasteiger partial charge in [0, 0.05) is 36.1 Å². The van der Waals surface area contributed by atoms with Crippen molar-refractivity contribution in [2.24, 2.45) is 0 Å². The lowest BCUT2D eigenvalue weighted by atomic mass is 9.85. The lowest BCUT2D eigenvalue weighted by molar-refractivity contribution is -0.150. The van der Waals surface area contributed by atoms with E-state index in [1.807, 2.05) is 46.7 Å². The lowest BCUT2D eigenvalue weighted by Gasteiger charge is -2.48. The number of nitrogens with zero attached hydrogens (tertiary/aromatic N) is 3. The number of methoxy groups -OCH3 is 1. The minimum Gasteiger partial charge on any atom is -0.496 e. The zero-order valence-electron chi connectivity index (χ0n) is 20.5. The summed E-state index contributed by atoms with van der Waals surface area (Å²) in [5.41, 5.74) is 3.03. The van der Waals surface area contributed by atoms with Crippen LogP contribution in [0.2, 0.25) is 0 Å². The van der Waals surface area contributed by atoms with E-state index in [4.69, 9.17) is 4.74 Å². The molecule has 1 aromatic heterocycles. The van der Waals surface area contributed by atoms with Crippen molar-refractivity contribution >= 4 is 28.9 Å².